The third kappa shape index (κ3) is 2.23. The first kappa shape index (κ1) is 11.4. The molecule has 1 aliphatic carbocycles. The van der Waals surface area contributed by atoms with E-state index in [2.05, 4.69) is 0 Å². The first-order chi connectivity index (χ1) is 6.64. The van der Waals surface area contributed by atoms with Crippen LogP contribution in [0.25, 0.3) is 0 Å². The van der Waals surface area contributed by atoms with Crippen LogP contribution >= 0.6 is 0 Å². The largest absolute Gasteiger partial charge is 0.300 e. The Balaban J connectivity index is 2.84. The van der Waals surface area contributed by atoms with Crippen LogP contribution < -0.4 is 0 Å². The maximum absolute atomic E-state index is 11.9. The van der Waals surface area contributed by atoms with E-state index < -0.39 is 0 Å². The van der Waals surface area contributed by atoms with E-state index >= 15 is 0 Å². The highest BCUT2D eigenvalue weighted by Crippen LogP contribution is 2.35. The standard InChI is InChI=1S/C12H20O2/c1-3-12(4-2)9-10(13)7-5-6-8-11(12)14/h3-9H2,1-2H3. The van der Waals surface area contributed by atoms with Crippen LogP contribution in [0.4, 0.5) is 0 Å². The molecule has 1 saturated carbocycles. The minimum Gasteiger partial charge on any atom is -0.300 e. The van der Waals surface area contributed by atoms with Gasteiger partial charge in [0.2, 0.25) is 0 Å². The van der Waals surface area contributed by atoms with Crippen LogP contribution in [0.5, 0.6) is 0 Å². The van der Waals surface area contributed by atoms with Crippen molar-refractivity contribution >= 4 is 11.6 Å². The van der Waals surface area contributed by atoms with Gasteiger partial charge in [-0.2, -0.15) is 0 Å². The van der Waals surface area contributed by atoms with E-state index in [9.17, 15) is 9.59 Å². The van der Waals surface area contributed by atoms with Crippen LogP contribution in [-0.4, -0.2) is 11.6 Å². The molecule has 0 saturated heterocycles. The minimum atomic E-state index is -0.322. The molecule has 14 heavy (non-hydrogen) atoms. The topological polar surface area (TPSA) is 34.1 Å². The second kappa shape index (κ2) is 4.72. The zero-order chi connectivity index (χ0) is 10.6. The van der Waals surface area contributed by atoms with Crippen LogP contribution in [0.15, 0.2) is 0 Å². The molecule has 0 N–H and O–H groups in total. The highest BCUT2D eigenvalue weighted by molar-refractivity contribution is 5.91. The molecule has 0 bridgehead atoms. The summed E-state index contributed by atoms with van der Waals surface area (Å²) in [6, 6.07) is 0. The molecular formula is C12H20O2. The average Bonchev–Trinajstić information content (AvgIpc) is 2.18. The molecule has 0 atom stereocenters. The van der Waals surface area contributed by atoms with Crippen molar-refractivity contribution in [2.24, 2.45) is 5.41 Å². The van der Waals surface area contributed by atoms with Crippen LogP contribution in [-0.2, 0) is 9.59 Å². The van der Waals surface area contributed by atoms with Crippen molar-refractivity contribution in [3.63, 3.8) is 0 Å². The normalized spacial score (nSPS) is 23.0. The van der Waals surface area contributed by atoms with E-state index in [1.165, 1.54) is 0 Å². The van der Waals surface area contributed by atoms with Gasteiger partial charge in [0.05, 0.1) is 0 Å². The van der Waals surface area contributed by atoms with Gasteiger partial charge >= 0.3 is 0 Å². The van der Waals surface area contributed by atoms with E-state index in [-0.39, 0.29) is 11.2 Å². The van der Waals surface area contributed by atoms with E-state index in [4.69, 9.17) is 0 Å². The molecule has 0 radical (unpaired) electrons. The van der Waals surface area contributed by atoms with Crippen molar-refractivity contribution in [3.05, 3.63) is 0 Å². The molecule has 0 spiro atoms. The van der Waals surface area contributed by atoms with Gasteiger partial charge in [-0.3, -0.25) is 9.59 Å². The van der Waals surface area contributed by atoms with Crippen molar-refractivity contribution in [2.75, 3.05) is 0 Å². The Morgan fingerprint density at radius 2 is 1.64 bits per heavy atom. The molecule has 2 heteroatoms. The summed E-state index contributed by atoms with van der Waals surface area (Å²) in [4.78, 5) is 23.5. The van der Waals surface area contributed by atoms with Crippen molar-refractivity contribution in [2.45, 2.75) is 58.8 Å². The van der Waals surface area contributed by atoms with Crippen molar-refractivity contribution in [1.82, 2.24) is 0 Å². The lowest BCUT2D eigenvalue weighted by molar-refractivity contribution is -0.136. The molecule has 0 amide bonds. The van der Waals surface area contributed by atoms with Crippen molar-refractivity contribution < 1.29 is 9.59 Å². The highest BCUT2D eigenvalue weighted by Gasteiger charge is 2.36. The van der Waals surface area contributed by atoms with E-state index in [1.807, 2.05) is 13.8 Å². The maximum atomic E-state index is 11.9. The van der Waals surface area contributed by atoms with Crippen LogP contribution in [0.3, 0.4) is 0 Å². The predicted molar refractivity (Wildman–Crippen MR) is 56.1 cm³/mol. The fourth-order valence-electron chi connectivity index (χ4n) is 2.33. The molecule has 0 unspecified atom stereocenters. The molecule has 0 aromatic carbocycles. The Kier molecular flexibility index (Phi) is 3.85. The molecule has 1 aliphatic rings. The monoisotopic (exact) mass is 196 g/mol. The molecular weight excluding hydrogens is 176 g/mol. The number of hydrogen-bond donors (Lipinski definition) is 0. The Bertz CT molecular complexity index is 226. The second-order valence-electron chi connectivity index (χ2n) is 4.33. The molecule has 1 rings (SSSR count). The van der Waals surface area contributed by atoms with Gasteiger partial charge in [0, 0.05) is 24.7 Å². The van der Waals surface area contributed by atoms with E-state index in [0.717, 1.165) is 25.7 Å². The summed E-state index contributed by atoms with van der Waals surface area (Å²) < 4.78 is 0. The summed E-state index contributed by atoms with van der Waals surface area (Å²) in [6.07, 6.45) is 5.26. The lowest BCUT2D eigenvalue weighted by Crippen LogP contribution is -2.33. The zero-order valence-electron chi connectivity index (χ0n) is 9.27. The Morgan fingerprint density at radius 1 is 1.07 bits per heavy atom. The van der Waals surface area contributed by atoms with Crippen molar-refractivity contribution in [3.8, 4) is 0 Å². The number of carbonyl (C=O) groups is 2. The summed E-state index contributed by atoms with van der Waals surface area (Å²) >= 11 is 0. The van der Waals surface area contributed by atoms with E-state index in [0.29, 0.717) is 25.0 Å². The summed E-state index contributed by atoms with van der Waals surface area (Å²) in [5.41, 5.74) is -0.322. The highest BCUT2D eigenvalue weighted by atomic mass is 16.1. The summed E-state index contributed by atoms with van der Waals surface area (Å²) in [6.45, 7) is 4.05. The summed E-state index contributed by atoms with van der Waals surface area (Å²) in [5, 5.41) is 0. The molecule has 0 aromatic rings. The number of rotatable bonds is 2. The van der Waals surface area contributed by atoms with Gasteiger partial charge in [-0.1, -0.05) is 13.8 Å². The second-order valence-corrected chi connectivity index (χ2v) is 4.33. The fraction of sp³-hybridized carbons (Fsp3) is 0.833. The van der Waals surface area contributed by atoms with Gasteiger partial charge in [-0.05, 0) is 25.7 Å². The fourth-order valence-corrected chi connectivity index (χ4v) is 2.33. The summed E-state index contributed by atoms with van der Waals surface area (Å²) in [5.74, 6) is 0.595. The predicted octanol–water partition coefficient (Wildman–Crippen LogP) is 2.90. The van der Waals surface area contributed by atoms with E-state index in [1.54, 1.807) is 0 Å². The van der Waals surface area contributed by atoms with Crippen LogP contribution in [0.1, 0.15) is 58.8 Å². The number of carbonyl (C=O) groups excluding carboxylic acids is 2. The van der Waals surface area contributed by atoms with Crippen molar-refractivity contribution in [1.29, 1.82) is 0 Å². The summed E-state index contributed by atoms with van der Waals surface area (Å²) in [7, 11) is 0. The number of Topliss-reactive ketones (excluding diaryl/α,β-unsaturated/α-hetero) is 2. The van der Waals surface area contributed by atoms with Crippen LogP contribution in [0, 0.1) is 5.41 Å². The molecule has 0 heterocycles. The Hall–Kier alpha value is -0.660. The van der Waals surface area contributed by atoms with Gasteiger partial charge in [-0.15, -0.1) is 0 Å². The third-order valence-corrected chi connectivity index (χ3v) is 3.59. The van der Waals surface area contributed by atoms with Gasteiger partial charge < -0.3 is 0 Å². The van der Waals surface area contributed by atoms with Crippen LogP contribution in [0.2, 0.25) is 0 Å². The number of ketones is 2. The first-order valence-corrected chi connectivity index (χ1v) is 5.69. The van der Waals surface area contributed by atoms with Gasteiger partial charge in [-0.25, -0.2) is 0 Å². The smallest absolute Gasteiger partial charge is 0.139 e. The van der Waals surface area contributed by atoms with Gasteiger partial charge in [0.1, 0.15) is 11.6 Å². The first-order valence-electron chi connectivity index (χ1n) is 5.69. The molecule has 80 valence electrons. The molecule has 0 aromatic heterocycles. The molecule has 0 aliphatic heterocycles. The lowest BCUT2D eigenvalue weighted by Gasteiger charge is -2.31. The Morgan fingerprint density at radius 3 is 2.21 bits per heavy atom. The van der Waals surface area contributed by atoms with Gasteiger partial charge in [0.25, 0.3) is 0 Å². The Labute approximate surface area is 86.1 Å². The molecule has 2 nitrogen and oxygen atoms in total. The molecule has 1 fully saturated rings. The zero-order valence-corrected chi connectivity index (χ0v) is 9.27. The van der Waals surface area contributed by atoms with Gasteiger partial charge in [0.15, 0.2) is 0 Å². The third-order valence-electron chi connectivity index (χ3n) is 3.59. The lowest BCUT2D eigenvalue weighted by atomic mass is 9.71. The number of hydrogen-bond acceptors (Lipinski definition) is 2. The SMILES string of the molecule is CCC1(CC)CC(=O)CCCCC1=O. The maximum Gasteiger partial charge on any atom is 0.139 e. The average molecular weight is 196 g/mol. The quantitative estimate of drug-likeness (QED) is 0.680. The minimum absolute atomic E-state index is 0.279.